The molecule has 7 heteroatoms. The van der Waals surface area contributed by atoms with Crippen molar-refractivity contribution in [3.8, 4) is 18.0 Å². The van der Waals surface area contributed by atoms with E-state index in [-0.39, 0.29) is 31.2 Å². The summed E-state index contributed by atoms with van der Waals surface area (Å²) in [4.78, 5) is 11.3. The molecule has 1 aromatic heterocycles. The van der Waals surface area contributed by atoms with E-state index in [0.29, 0.717) is 0 Å². The van der Waals surface area contributed by atoms with Gasteiger partial charge in [-0.15, -0.1) is 15.0 Å². The molecule has 0 atom stereocenters. The summed E-state index contributed by atoms with van der Waals surface area (Å²) in [5, 5.41) is 8.52. The highest BCUT2D eigenvalue weighted by atomic mass is 16.5. The Morgan fingerprint density at radius 3 is 1.93 bits per heavy atom. The van der Waals surface area contributed by atoms with Crippen LogP contribution in [0.3, 0.4) is 0 Å². The molecule has 78 valence electrons. The quantitative estimate of drug-likeness (QED) is 0.671. The molecule has 1 N–H and O–H groups in total. The lowest BCUT2D eigenvalue weighted by Gasteiger charge is -2.04. The predicted octanol–water partition coefficient (Wildman–Crippen LogP) is -0.740. The van der Waals surface area contributed by atoms with Crippen molar-refractivity contribution >= 4 is 0 Å². The van der Waals surface area contributed by atoms with Gasteiger partial charge >= 0.3 is 18.0 Å². The van der Waals surface area contributed by atoms with E-state index in [1.54, 1.807) is 0 Å². The molecule has 7 nitrogen and oxygen atoms in total. The standard InChI is InChI=1S/C7H11N3O4/c1-12-5-8-6(13-2)10-7(9-5)14-4-3-11/h11H,3-4H2,1-2H3. The van der Waals surface area contributed by atoms with Crippen LogP contribution in [-0.2, 0) is 0 Å². The Labute approximate surface area is 80.7 Å². The fraction of sp³-hybridized carbons (Fsp3) is 0.571. The van der Waals surface area contributed by atoms with Crippen LogP contribution in [0.15, 0.2) is 0 Å². The average molecular weight is 201 g/mol. The molecule has 0 aliphatic rings. The molecule has 0 amide bonds. The number of aliphatic hydroxyl groups is 1. The van der Waals surface area contributed by atoms with Crippen molar-refractivity contribution < 1.29 is 19.3 Å². The van der Waals surface area contributed by atoms with Crippen LogP contribution in [0, 0.1) is 0 Å². The van der Waals surface area contributed by atoms with Gasteiger partial charge in [-0.2, -0.15) is 0 Å². The zero-order valence-corrected chi connectivity index (χ0v) is 7.93. The molecular weight excluding hydrogens is 190 g/mol. The number of hydrogen-bond acceptors (Lipinski definition) is 7. The average Bonchev–Trinajstić information content (AvgIpc) is 2.25. The number of aromatic nitrogens is 3. The third-order valence-electron chi connectivity index (χ3n) is 1.26. The largest absolute Gasteiger partial charge is 0.467 e. The molecule has 1 heterocycles. The first-order valence-corrected chi connectivity index (χ1v) is 3.88. The van der Waals surface area contributed by atoms with Crippen LogP contribution in [0.1, 0.15) is 0 Å². The lowest BCUT2D eigenvalue weighted by atomic mass is 10.8. The number of aliphatic hydroxyl groups excluding tert-OH is 1. The maximum absolute atomic E-state index is 8.52. The van der Waals surface area contributed by atoms with Crippen molar-refractivity contribution in [3.05, 3.63) is 0 Å². The van der Waals surface area contributed by atoms with Crippen LogP contribution in [0.4, 0.5) is 0 Å². The number of hydrogen-bond donors (Lipinski definition) is 1. The van der Waals surface area contributed by atoms with E-state index in [1.807, 2.05) is 0 Å². The van der Waals surface area contributed by atoms with Crippen molar-refractivity contribution in [1.82, 2.24) is 15.0 Å². The van der Waals surface area contributed by atoms with E-state index >= 15 is 0 Å². The van der Waals surface area contributed by atoms with Gasteiger partial charge in [-0.05, 0) is 0 Å². The maximum atomic E-state index is 8.52. The van der Waals surface area contributed by atoms with Gasteiger partial charge in [0.2, 0.25) is 0 Å². The molecule has 0 aromatic carbocycles. The Bertz CT molecular complexity index is 272. The third-order valence-corrected chi connectivity index (χ3v) is 1.26. The zero-order chi connectivity index (χ0) is 10.4. The summed E-state index contributed by atoms with van der Waals surface area (Å²) < 4.78 is 14.6. The second-order valence-corrected chi connectivity index (χ2v) is 2.16. The predicted molar refractivity (Wildman–Crippen MR) is 45.5 cm³/mol. The van der Waals surface area contributed by atoms with Crippen LogP contribution in [0.25, 0.3) is 0 Å². The van der Waals surface area contributed by atoms with Crippen LogP contribution < -0.4 is 14.2 Å². The van der Waals surface area contributed by atoms with E-state index in [1.165, 1.54) is 14.2 Å². The summed E-state index contributed by atoms with van der Waals surface area (Å²) in [6.45, 7) is -0.00731. The van der Waals surface area contributed by atoms with Gasteiger partial charge < -0.3 is 19.3 Å². The highest BCUT2D eigenvalue weighted by Gasteiger charge is 2.07. The zero-order valence-electron chi connectivity index (χ0n) is 7.93. The van der Waals surface area contributed by atoms with E-state index in [2.05, 4.69) is 15.0 Å². The summed E-state index contributed by atoms with van der Waals surface area (Å²) in [7, 11) is 2.84. The lowest BCUT2D eigenvalue weighted by Crippen LogP contribution is -2.07. The third kappa shape index (κ3) is 2.70. The van der Waals surface area contributed by atoms with Crippen LogP contribution in [-0.4, -0.2) is 47.5 Å². The molecule has 0 aliphatic heterocycles. The van der Waals surface area contributed by atoms with Crippen molar-refractivity contribution in [1.29, 1.82) is 0 Å². The van der Waals surface area contributed by atoms with E-state index in [0.717, 1.165) is 0 Å². The van der Waals surface area contributed by atoms with Gasteiger partial charge in [-0.3, -0.25) is 0 Å². The normalized spacial score (nSPS) is 9.64. The Morgan fingerprint density at radius 1 is 1.00 bits per heavy atom. The summed E-state index contributed by atoms with van der Waals surface area (Å²) in [5.74, 6) is 0. The van der Waals surface area contributed by atoms with Crippen LogP contribution >= 0.6 is 0 Å². The fourth-order valence-corrected chi connectivity index (χ4v) is 0.705. The molecule has 0 aliphatic carbocycles. The topological polar surface area (TPSA) is 86.6 Å². The number of rotatable bonds is 5. The van der Waals surface area contributed by atoms with Crippen molar-refractivity contribution in [2.45, 2.75) is 0 Å². The van der Waals surface area contributed by atoms with Crippen molar-refractivity contribution in [3.63, 3.8) is 0 Å². The number of ether oxygens (including phenoxy) is 3. The number of nitrogens with zero attached hydrogens (tertiary/aromatic N) is 3. The van der Waals surface area contributed by atoms with E-state index in [9.17, 15) is 0 Å². The van der Waals surface area contributed by atoms with Crippen molar-refractivity contribution in [2.24, 2.45) is 0 Å². The summed E-state index contributed by atoms with van der Waals surface area (Å²) in [6.07, 6.45) is 0. The Hall–Kier alpha value is -1.63. The highest BCUT2D eigenvalue weighted by Crippen LogP contribution is 2.13. The smallest absolute Gasteiger partial charge is 0.325 e. The molecular formula is C7H11N3O4. The molecule has 0 bridgehead atoms. The monoisotopic (exact) mass is 201 g/mol. The Kier molecular flexibility index (Phi) is 3.86. The van der Waals surface area contributed by atoms with Crippen LogP contribution in [0.2, 0.25) is 0 Å². The fourth-order valence-electron chi connectivity index (χ4n) is 0.705. The molecule has 0 unspecified atom stereocenters. The second-order valence-electron chi connectivity index (χ2n) is 2.16. The van der Waals surface area contributed by atoms with Gasteiger partial charge in [0, 0.05) is 0 Å². The first-order chi connectivity index (χ1) is 6.80. The van der Waals surface area contributed by atoms with Gasteiger partial charge in [0.25, 0.3) is 0 Å². The lowest BCUT2D eigenvalue weighted by molar-refractivity contribution is 0.186. The van der Waals surface area contributed by atoms with E-state index in [4.69, 9.17) is 19.3 Å². The molecule has 0 saturated heterocycles. The number of methoxy groups -OCH3 is 2. The summed E-state index contributed by atoms with van der Waals surface area (Å²) in [6, 6.07) is 0.261. The Balaban J connectivity index is 2.81. The van der Waals surface area contributed by atoms with Gasteiger partial charge in [0.1, 0.15) is 6.61 Å². The molecule has 1 aromatic rings. The van der Waals surface area contributed by atoms with Gasteiger partial charge in [0.15, 0.2) is 0 Å². The molecule has 14 heavy (non-hydrogen) atoms. The minimum atomic E-state index is -0.115. The Morgan fingerprint density at radius 2 is 1.50 bits per heavy atom. The summed E-state index contributed by atoms with van der Waals surface area (Å²) in [5.41, 5.74) is 0. The van der Waals surface area contributed by atoms with Crippen molar-refractivity contribution in [2.75, 3.05) is 27.4 Å². The molecule has 0 spiro atoms. The summed E-state index contributed by atoms with van der Waals surface area (Å²) >= 11 is 0. The van der Waals surface area contributed by atoms with E-state index < -0.39 is 0 Å². The first-order valence-electron chi connectivity index (χ1n) is 3.88. The van der Waals surface area contributed by atoms with Gasteiger partial charge in [-0.25, -0.2) is 0 Å². The van der Waals surface area contributed by atoms with Gasteiger partial charge in [-0.1, -0.05) is 0 Å². The molecule has 1 rings (SSSR count). The highest BCUT2D eigenvalue weighted by molar-refractivity contribution is 5.08. The minimum Gasteiger partial charge on any atom is -0.467 e. The molecule has 0 fully saturated rings. The van der Waals surface area contributed by atoms with Crippen LogP contribution in [0.5, 0.6) is 18.0 Å². The minimum absolute atomic E-state index is 0.0581. The second kappa shape index (κ2) is 5.18. The first kappa shape index (κ1) is 10.5. The molecule has 0 radical (unpaired) electrons. The SMILES string of the molecule is COc1nc(OC)nc(OCCO)n1. The van der Waals surface area contributed by atoms with Gasteiger partial charge in [0.05, 0.1) is 20.8 Å². The maximum Gasteiger partial charge on any atom is 0.325 e. The molecule has 0 saturated carbocycles.